The van der Waals surface area contributed by atoms with Gasteiger partial charge in [-0.15, -0.1) is 0 Å². The van der Waals surface area contributed by atoms with Crippen molar-refractivity contribution in [2.24, 2.45) is 4.99 Å². The molecule has 0 heterocycles. The molecule has 1 rings (SSSR count). The molecule has 1 aromatic carbocycles. The third-order valence-corrected chi connectivity index (χ3v) is 1.80. The molecular formula is C10H7F3N2O2. The van der Waals surface area contributed by atoms with Gasteiger partial charge in [-0.1, -0.05) is 12.1 Å². The summed E-state index contributed by atoms with van der Waals surface area (Å²) in [5.74, 6) is -2.01. The fourth-order valence-corrected chi connectivity index (χ4v) is 1.07. The minimum atomic E-state index is -4.90. The summed E-state index contributed by atoms with van der Waals surface area (Å²) >= 11 is 0. The van der Waals surface area contributed by atoms with E-state index in [9.17, 15) is 22.8 Å². The first kappa shape index (κ1) is 12.9. The number of amides is 1. The van der Waals surface area contributed by atoms with Crippen LogP contribution in [0.4, 0.5) is 18.9 Å². The Balaban J connectivity index is 2.67. The van der Waals surface area contributed by atoms with E-state index in [0.29, 0.717) is 5.56 Å². The molecule has 17 heavy (non-hydrogen) atoms. The number of carbonyl (C=O) groups is 1. The second kappa shape index (κ2) is 5.27. The highest BCUT2D eigenvalue weighted by molar-refractivity contribution is 5.81. The number of alkyl halides is 3. The van der Waals surface area contributed by atoms with Gasteiger partial charge in [0.25, 0.3) is 0 Å². The van der Waals surface area contributed by atoms with Gasteiger partial charge in [0.15, 0.2) is 0 Å². The van der Waals surface area contributed by atoms with Crippen molar-refractivity contribution < 1.29 is 22.8 Å². The van der Waals surface area contributed by atoms with E-state index >= 15 is 0 Å². The Morgan fingerprint density at radius 3 is 2.71 bits per heavy atom. The van der Waals surface area contributed by atoms with Crippen LogP contribution in [0.1, 0.15) is 5.56 Å². The Morgan fingerprint density at radius 1 is 1.41 bits per heavy atom. The number of benzene rings is 1. The number of hydrogen-bond donors (Lipinski definition) is 1. The van der Waals surface area contributed by atoms with Gasteiger partial charge in [-0.25, -0.2) is 4.79 Å². The molecule has 0 aliphatic rings. The van der Waals surface area contributed by atoms with Crippen LogP contribution in [0.25, 0.3) is 0 Å². The SMILES string of the molecule is O=C=Nc1cccc(CNC(=O)C(F)(F)F)c1. The lowest BCUT2D eigenvalue weighted by molar-refractivity contribution is -0.173. The summed E-state index contributed by atoms with van der Waals surface area (Å²) in [5.41, 5.74) is 0.665. The topological polar surface area (TPSA) is 58.5 Å². The van der Waals surface area contributed by atoms with Crippen molar-refractivity contribution in [3.63, 3.8) is 0 Å². The van der Waals surface area contributed by atoms with Crippen LogP contribution in [0.5, 0.6) is 0 Å². The molecule has 1 amide bonds. The summed E-state index contributed by atoms with van der Waals surface area (Å²) in [6.45, 7) is -0.291. The Labute approximate surface area is 94.2 Å². The van der Waals surface area contributed by atoms with Gasteiger partial charge in [-0.3, -0.25) is 4.79 Å². The monoisotopic (exact) mass is 244 g/mol. The highest BCUT2D eigenvalue weighted by Gasteiger charge is 2.38. The number of halogens is 3. The summed E-state index contributed by atoms with van der Waals surface area (Å²) in [4.78, 5) is 23.8. The number of isocyanates is 1. The first-order chi connectivity index (χ1) is 7.93. The zero-order valence-corrected chi connectivity index (χ0v) is 8.41. The molecule has 90 valence electrons. The average Bonchev–Trinajstić information content (AvgIpc) is 2.25. The molecule has 0 aliphatic heterocycles. The fraction of sp³-hybridized carbons (Fsp3) is 0.200. The van der Waals surface area contributed by atoms with Crippen LogP contribution < -0.4 is 5.32 Å². The number of nitrogens with one attached hydrogen (secondary N) is 1. The smallest absolute Gasteiger partial charge is 0.344 e. The number of hydrogen-bond acceptors (Lipinski definition) is 3. The first-order valence-electron chi connectivity index (χ1n) is 4.45. The Morgan fingerprint density at radius 2 is 2.12 bits per heavy atom. The largest absolute Gasteiger partial charge is 0.471 e. The average molecular weight is 244 g/mol. The molecule has 0 saturated heterocycles. The molecular weight excluding hydrogens is 237 g/mol. The van der Waals surface area contributed by atoms with Gasteiger partial charge in [-0.05, 0) is 17.7 Å². The summed E-state index contributed by atoms with van der Waals surface area (Å²) < 4.78 is 35.6. The van der Waals surface area contributed by atoms with E-state index in [1.807, 2.05) is 0 Å². The van der Waals surface area contributed by atoms with Crippen LogP contribution >= 0.6 is 0 Å². The molecule has 7 heteroatoms. The second-order valence-corrected chi connectivity index (χ2v) is 3.05. The van der Waals surface area contributed by atoms with E-state index in [2.05, 4.69) is 4.99 Å². The van der Waals surface area contributed by atoms with E-state index in [1.54, 1.807) is 5.32 Å². The first-order valence-corrected chi connectivity index (χ1v) is 4.45. The van der Waals surface area contributed by atoms with Crippen LogP contribution in [0.3, 0.4) is 0 Å². The molecule has 0 aromatic heterocycles. The number of rotatable bonds is 3. The molecule has 0 radical (unpaired) electrons. The van der Waals surface area contributed by atoms with Crippen LogP contribution in [-0.4, -0.2) is 18.2 Å². The third-order valence-electron chi connectivity index (χ3n) is 1.80. The lowest BCUT2D eigenvalue weighted by Gasteiger charge is -2.07. The van der Waals surface area contributed by atoms with Gasteiger partial charge < -0.3 is 5.32 Å². The molecule has 4 nitrogen and oxygen atoms in total. The number of aliphatic imine (C=N–C) groups is 1. The minimum absolute atomic E-state index is 0.263. The highest BCUT2D eigenvalue weighted by Crippen LogP contribution is 2.16. The van der Waals surface area contributed by atoms with E-state index in [0.717, 1.165) is 0 Å². The van der Waals surface area contributed by atoms with Crippen molar-refractivity contribution in [3.8, 4) is 0 Å². The van der Waals surface area contributed by atoms with Crippen molar-refractivity contribution in [3.05, 3.63) is 29.8 Å². The minimum Gasteiger partial charge on any atom is -0.344 e. The van der Waals surface area contributed by atoms with Crippen molar-refractivity contribution in [1.82, 2.24) is 5.32 Å². The molecule has 1 aromatic rings. The molecule has 0 spiro atoms. The molecule has 0 bridgehead atoms. The second-order valence-electron chi connectivity index (χ2n) is 3.05. The van der Waals surface area contributed by atoms with E-state index < -0.39 is 12.1 Å². The summed E-state index contributed by atoms with van der Waals surface area (Å²) in [6.07, 6.45) is -3.60. The van der Waals surface area contributed by atoms with Crippen molar-refractivity contribution in [2.45, 2.75) is 12.7 Å². The predicted octanol–water partition coefficient (Wildman–Crippen LogP) is 1.83. The van der Waals surface area contributed by atoms with Gasteiger partial charge in [0.1, 0.15) is 0 Å². The Hall–Kier alpha value is -2.14. The molecule has 0 unspecified atom stereocenters. The molecule has 0 saturated carbocycles. The maximum atomic E-state index is 11.9. The predicted molar refractivity (Wildman–Crippen MR) is 52.1 cm³/mol. The van der Waals surface area contributed by atoms with Crippen molar-refractivity contribution >= 4 is 17.7 Å². The van der Waals surface area contributed by atoms with Crippen LogP contribution in [0.15, 0.2) is 29.3 Å². The van der Waals surface area contributed by atoms with Crippen LogP contribution in [-0.2, 0) is 16.1 Å². The van der Waals surface area contributed by atoms with E-state index in [1.165, 1.54) is 30.3 Å². The molecule has 0 aliphatic carbocycles. The fourth-order valence-electron chi connectivity index (χ4n) is 1.07. The maximum Gasteiger partial charge on any atom is 0.471 e. The summed E-state index contributed by atoms with van der Waals surface area (Å²) in [7, 11) is 0. The lowest BCUT2D eigenvalue weighted by Crippen LogP contribution is -2.36. The highest BCUT2D eigenvalue weighted by atomic mass is 19.4. The van der Waals surface area contributed by atoms with Gasteiger partial charge in [0.05, 0.1) is 5.69 Å². The normalized spacial score (nSPS) is 10.5. The number of carbonyl (C=O) groups excluding carboxylic acids is 2. The zero-order chi connectivity index (χ0) is 12.9. The van der Waals surface area contributed by atoms with Gasteiger partial charge in [0.2, 0.25) is 6.08 Å². The van der Waals surface area contributed by atoms with Crippen LogP contribution in [0.2, 0.25) is 0 Å². The van der Waals surface area contributed by atoms with Gasteiger partial charge in [0, 0.05) is 6.54 Å². The lowest BCUT2D eigenvalue weighted by atomic mass is 10.2. The molecule has 1 N–H and O–H groups in total. The Kier molecular flexibility index (Phi) is 4.01. The Bertz CT molecular complexity index is 465. The van der Waals surface area contributed by atoms with Crippen molar-refractivity contribution in [1.29, 1.82) is 0 Å². The zero-order valence-electron chi connectivity index (χ0n) is 8.41. The van der Waals surface area contributed by atoms with Gasteiger partial charge >= 0.3 is 12.1 Å². The summed E-state index contributed by atoms with van der Waals surface area (Å²) in [6, 6.07) is 5.87. The standard InChI is InChI=1S/C10H7F3N2O2/c11-10(12,13)9(17)14-5-7-2-1-3-8(4-7)15-6-16/h1-4H,5H2,(H,14,17). The van der Waals surface area contributed by atoms with E-state index in [-0.39, 0.29) is 12.2 Å². The van der Waals surface area contributed by atoms with Gasteiger partial charge in [-0.2, -0.15) is 18.2 Å². The maximum absolute atomic E-state index is 11.9. The molecule has 0 atom stereocenters. The summed E-state index contributed by atoms with van der Waals surface area (Å²) in [5, 5.41) is 1.70. The van der Waals surface area contributed by atoms with Crippen molar-refractivity contribution in [2.75, 3.05) is 0 Å². The quantitative estimate of drug-likeness (QED) is 0.651. The molecule has 0 fully saturated rings. The number of nitrogens with zero attached hydrogens (tertiary/aromatic N) is 1. The van der Waals surface area contributed by atoms with Crippen LogP contribution in [0, 0.1) is 0 Å². The van der Waals surface area contributed by atoms with E-state index in [4.69, 9.17) is 0 Å². The third kappa shape index (κ3) is 4.08.